The Labute approximate surface area is 122 Å². The highest BCUT2D eigenvalue weighted by Crippen LogP contribution is 2.43. The molecule has 1 amide bonds. The molecule has 20 heavy (non-hydrogen) atoms. The summed E-state index contributed by atoms with van der Waals surface area (Å²) >= 11 is 1.69. The van der Waals surface area contributed by atoms with Crippen LogP contribution in [0.1, 0.15) is 36.6 Å². The van der Waals surface area contributed by atoms with Crippen LogP contribution in [0.5, 0.6) is 5.75 Å². The Hall–Kier alpha value is -1.81. The summed E-state index contributed by atoms with van der Waals surface area (Å²) in [7, 11) is 0. The van der Waals surface area contributed by atoms with Gasteiger partial charge in [0.05, 0.1) is 11.8 Å². The molecule has 0 saturated carbocycles. The Kier molecular flexibility index (Phi) is 3.49. The van der Waals surface area contributed by atoms with Gasteiger partial charge in [-0.3, -0.25) is 4.79 Å². The topological polar surface area (TPSA) is 38.3 Å². The Morgan fingerprint density at radius 3 is 2.90 bits per heavy atom. The molecule has 1 aromatic carbocycles. The third-order valence-electron chi connectivity index (χ3n) is 3.33. The number of amides is 1. The van der Waals surface area contributed by atoms with Crippen molar-refractivity contribution < 1.29 is 9.53 Å². The molecule has 1 aliphatic heterocycles. The summed E-state index contributed by atoms with van der Waals surface area (Å²) in [5.74, 6) is 1.04. The first kappa shape index (κ1) is 13.2. The maximum absolute atomic E-state index is 11.9. The maximum atomic E-state index is 11.9. The molecule has 0 radical (unpaired) electrons. The highest BCUT2D eigenvalue weighted by atomic mass is 32.1. The van der Waals surface area contributed by atoms with E-state index >= 15 is 0 Å². The first-order valence-electron chi connectivity index (χ1n) is 6.78. The first-order valence-corrected chi connectivity index (χ1v) is 7.66. The highest BCUT2D eigenvalue weighted by molar-refractivity contribution is 7.10. The average Bonchev–Trinajstić information content (AvgIpc) is 2.86. The van der Waals surface area contributed by atoms with Gasteiger partial charge in [0.2, 0.25) is 5.91 Å². The molecular weight excluding hydrogens is 270 g/mol. The lowest BCUT2D eigenvalue weighted by Crippen LogP contribution is -2.22. The van der Waals surface area contributed by atoms with Gasteiger partial charge in [-0.1, -0.05) is 18.2 Å². The van der Waals surface area contributed by atoms with Crippen LogP contribution in [0, 0.1) is 0 Å². The predicted molar refractivity (Wildman–Crippen MR) is 81.6 cm³/mol. The van der Waals surface area contributed by atoms with Crippen molar-refractivity contribution in [2.75, 3.05) is 5.32 Å². The van der Waals surface area contributed by atoms with Gasteiger partial charge in [0.1, 0.15) is 5.75 Å². The van der Waals surface area contributed by atoms with Crippen LogP contribution in [0.3, 0.4) is 0 Å². The van der Waals surface area contributed by atoms with E-state index in [0.29, 0.717) is 6.42 Å². The fourth-order valence-electron chi connectivity index (χ4n) is 2.55. The molecule has 0 spiro atoms. The molecule has 0 fully saturated rings. The molecule has 0 saturated heterocycles. The van der Waals surface area contributed by atoms with Crippen molar-refractivity contribution in [3.8, 4) is 5.75 Å². The van der Waals surface area contributed by atoms with E-state index in [1.54, 1.807) is 11.3 Å². The number of hydrogen-bond acceptors (Lipinski definition) is 3. The SMILES string of the molecule is CC(C)Oc1ccccc1[C@H]1CC(=O)Nc2ccsc21. The van der Waals surface area contributed by atoms with E-state index in [-0.39, 0.29) is 17.9 Å². The van der Waals surface area contributed by atoms with E-state index in [0.717, 1.165) is 17.0 Å². The Balaban J connectivity index is 2.04. The van der Waals surface area contributed by atoms with Gasteiger partial charge in [0.15, 0.2) is 0 Å². The summed E-state index contributed by atoms with van der Waals surface area (Å²) in [5, 5.41) is 4.95. The number of thiophene rings is 1. The largest absolute Gasteiger partial charge is 0.491 e. The van der Waals surface area contributed by atoms with E-state index in [1.807, 2.05) is 43.5 Å². The number of carbonyl (C=O) groups is 1. The number of ether oxygens (including phenoxy) is 1. The lowest BCUT2D eigenvalue weighted by Gasteiger charge is -2.25. The molecule has 104 valence electrons. The summed E-state index contributed by atoms with van der Waals surface area (Å²) in [4.78, 5) is 13.1. The second-order valence-electron chi connectivity index (χ2n) is 5.21. The van der Waals surface area contributed by atoms with Gasteiger partial charge in [0, 0.05) is 22.8 Å². The van der Waals surface area contributed by atoms with Crippen molar-refractivity contribution in [3.63, 3.8) is 0 Å². The van der Waals surface area contributed by atoms with Gasteiger partial charge in [-0.05, 0) is 31.4 Å². The quantitative estimate of drug-likeness (QED) is 0.926. The molecule has 1 atom stereocenters. The number of rotatable bonds is 3. The monoisotopic (exact) mass is 287 g/mol. The van der Waals surface area contributed by atoms with Gasteiger partial charge in [-0.15, -0.1) is 11.3 Å². The van der Waals surface area contributed by atoms with E-state index in [9.17, 15) is 4.79 Å². The van der Waals surface area contributed by atoms with E-state index in [1.165, 1.54) is 4.88 Å². The van der Waals surface area contributed by atoms with Crippen LogP contribution < -0.4 is 10.1 Å². The Morgan fingerprint density at radius 1 is 1.30 bits per heavy atom. The number of fused-ring (bicyclic) bond motifs is 1. The van der Waals surface area contributed by atoms with Crippen LogP contribution in [-0.2, 0) is 4.79 Å². The molecule has 3 rings (SSSR count). The molecular formula is C16H17NO2S. The van der Waals surface area contributed by atoms with Crippen molar-refractivity contribution >= 4 is 22.9 Å². The number of hydrogen-bond donors (Lipinski definition) is 1. The van der Waals surface area contributed by atoms with Crippen LogP contribution in [0.25, 0.3) is 0 Å². The second-order valence-corrected chi connectivity index (χ2v) is 6.16. The first-order chi connectivity index (χ1) is 9.65. The molecule has 1 N–H and O–H groups in total. The Bertz CT molecular complexity index is 633. The molecule has 0 unspecified atom stereocenters. The molecule has 0 bridgehead atoms. The number of nitrogens with one attached hydrogen (secondary N) is 1. The van der Waals surface area contributed by atoms with Crippen molar-refractivity contribution in [1.82, 2.24) is 0 Å². The summed E-state index contributed by atoms with van der Waals surface area (Å²) in [6.45, 7) is 4.03. The van der Waals surface area contributed by atoms with Gasteiger partial charge >= 0.3 is 0 Å². The molecule has 0 aliphatic carbocycles. The van der Waals surface area contributed by atoms with E-state index < -0.39 is 0 Å². The van der Waals surface area contributed by atoms with E-state index in [2.05, 4.69) is 11.4 Å². The number of para-hydroxylation sites is 1. The van der Waals surface area contributed by atoms with Crippen LogP contribution in [0.15, 0.2) is 35.7 Å². The van der Waals surface area contributed by atoms with Crippen molar-refractivity contribution in [3.05, 3.63) is 46.2 Å². The fourth-order valence-corrected chi connectivity index (χ4v) is 3.53. The van der Waals surface area contributed by atoms with Crippen molar-refractivity contribution in [1.29, 1.82) is 0 Å². The fraction of sp³-hybridized carbons (Fsp3) is 0.312. The number of carbonyl (C=O) groups excluding carboxylic acids is 1. The molecule has 3 nitrogen and oxygen atoms in total. The average molecular weight is 287 g/mol. The number of anilines is 1. The van der Waals surface area contributed by atoms with Gasteiger partial charge in [-0.2, -0.15) is 0 Å². The van der Waals surface area contributed by atoms with Crippen LogP contribution >= 0.6 is 11.3 Å². The van der Waals surface area contributed by atoms with Crippen molar-refractivity contribution in [2.45, 2.75) is 32.3 Å². The van der Waals surface area contributed by atoms with Gasteiger partial charge in [-0.25, -0.2) is 0 Å². The number of benzene rings is 1. The van der Waals surface area contributed by atoms with Gasteiger partial charge < -0.3 is 10.1 Å². The van der Waals surface area contributed by atoms with Gasteiger partial charge in [0.25, 0.3) is 0 Å². The lowest BCUT2D eigenvalue weighted by atomic mass is 9.90. The zero-order chi connectivity index (χ0) is 14.1. The third kappa shape index (κ3) is 2.43. The minimum absolute atomic E-state index is 0.0697. The minimum atomic E-state index is 0.0697. The maximum Gasteiger partial charge on any atom is 0.225 e. The van der Waals surface area contributed by atoms with E-state index in [4.69, 9.17) is 4.74 Å². The third-order valence-corrected chi connectivity index (χ3v) is 4.36. The van der Waals surface area contributed by atoms with Crippen LogP contribution in [0.2, 0.25) is 0 Å². The molecule has 1 aromatic heterocycles. The minimum Gasteiger partial charge on any atom is -0.491 e. The molecule has 4 heteroatoms. The Morgan fingerprint density at radius 2 is 2.10 bits per heavy atom. The van der Waals surface area contributed by atoms with Crippen molar-refractivity contribution in [2.24, 2.45) is 0 Å². The predicted octanol–water partition coefficient (Wildman–Crippen LogP) is 4.01. The second kappa shape index (κ2) is 5.29. The standard InChI is InChI=1S/C16H17NO2S/c1-10(2)19-14-6-4-3-5-11(14)12-9-15(18)17-13-7-8-20-16(12)13/h3-8,10,12H,9H2,1-2H3,(H,17,18)/t12-/m1/s1. The summed E-state index contributed by atoms with van der Waals surface area (Å²) in [5.41, 5.74) is 2.04. The normalized spacial score (nSPS) is 17.8. The molecule has 2 heterocycles. The van der Waals surface area contributed by atoms with Crippen LogP contribution in [0.4, 0.5) is 5.69 Å². The zero-order valence-electron chi connectivity index (χ0n) is 11.6. The highest BCUT2D eigenvalue weighted by Gasteiger charge is 2.29. The summed E-state index contributed by atoms with van der Waals surface area (Å²) < 4.78 is 5.90. The smallest absolute Gasteiger partial charge is 0.225 e. The van der Waals surface area contributed by atoms with Crippen LogP contribution in [-0.4, -0.2) is 12.0 Å². The summed E-state index contributed by atoms with van der Waals surface area (Å²) in [6.07, 6.45) is 0.600. The summed E-state index contributed by atoms with van der Waals surface area (Å²) in [6, 6.07) is 9.98. The zero-order valence-corrected chi connectivity index (χ0v) is 12.4. The molecule has 2 aromatic rings. The molecule has 1 aliphatic rings. The lowest BCUT2D eigenvalue weighted by molar-refractivity contribution is -0.116.